The lowest BCUT2D eigenvalue weighted by atomic mass is 9.77. The van der Waals surface area contributed by atoms with Gasteiger partial charge >= 0.3 is 0 Å². The summed E-state index contributed by atoms with van der Waals surface area (Å²) in [5.74, 6) is -2.39. The van der Waals surface area contributed by atoms with E-state index in [9.17, 15) is 8.78 Å². The van der Waals surface area contributed by atoms with Crippen molar-refractivity contribution in [3.63, 3.8) is 0 Å². The zero-order chi connectivity index (χ0) is 25.2. The van der Waals surface area contributed by atoms with Crippen LogP contribution in [0.4, 0.5) is 17.6 Å². The van der Waals surface area contributed by atoms with Crippen molar-refractivity contribution in [3.05, 3.63) is 94.1 Å². The lowest BCUT2D eigenvalue weighted by Crippen LogP contribution is -2.14. The van der Waals surface area contributed by atoms with Gasteiger partial charge in [0.25, 0.3) is 0 Å². The Morgan fingerprint density at radius 3 is 2.06 bits per heavy atom. The van der Waals surface area contributed by atoms with Crippen LogP contribution >= 0.6 is 0 Å². The summed E-state index contributed by atoms with van der Waals surface area (Å²) < 4.78 is 63.9. The number of hydrogen-bond acceptors (Lipinski definition) is 1. The van der Waals surface area contributed by atoms with Crippen molar-refractivity contribution in [1.29, 1.82) is 0 Å². The van der Waals surface area contributed by atoms with Crippen molar-refractivity contribution in [3.8, 4) is 11.1 Å². The first kappa shape index (κ1) is 25.0. The molecule has 5 heteroatoms. The molecule has 1 atom stereocenters. The van der Waals surface area contributed by atoms with E-state index in [1.54, 1.807) is 36.4 Å². The summed E-state index contributed by atoms with van der Waals surface area (Å²) in [4.78, 5) is 0. The van der Waals surface area contributed by atoms with Crippen LogP contribution in [-0.4, -0.2) is 6.61 Å². The summed E-state index contributed by atoms with van der Waals surface area (Å²) in [7, 11) is 0. The summed E-state index contributed by atoms with van der Waals surface area (Å²) in [6.07, 6.45) is 6.89. The fraction of sp³-hybridized carbons (Fsp3) is 0.419. The molecule has 1 saturated heterocycles. The van der Waals surface area contributed by atoms with Gasteiger partial charge in [-0.15, -0.1) is 0 Å². The third kappa shape index (κ3) is 5.22. The SMILES string of the molecule is CCCC1CCC(c2ccc(-c3ccc(CCc4ccc(C5CO5)c(F)c4F)cc3)c(F)c2F)CC1. The van der Waals surface area contributed by atoms with Gasteiger partial charge in [0.2, 0.25) is 0 Å². The average molecular weight is 497 g/mol. The molecule has 5 rings (SSSR count). The molecule has 1 aliphatic heterocycles. The lowest BCUT2D eigenvalue weighted by Gasteiger charge is -2.29. The highest BCUT2D eigenvalue weighted by atomic mass is 19.2. The first-order valence-electron chi connectivity index (χ1n) is 13.1. The van der Waals surface area contributed by atoms with E-state index in [4.69, 9.17) is 4.74 Å². The maximum absolute atomic E-state index is 15.1. The summed E-state index contributed by atoms with van der Waals surface area (Å²) in [5.41, 5.74) is 2.83. The van der Waals surface area contributed by atoms with E-state index in [0.717, 1.165) is 31.2 Å². The molecule has 0 amide bonds. The molecule has 0 radical (unpaired) electrons. The molecule has 3 aromatic carbocycles. The summed E-state index contributed by atoms with van der Waals surface area (Å²) in [5, 5.41) is 0. The van der Waals surface area contributed by atoms with Gasteiger partial charge in [-0.05, 0) is 72.6 Å². The molecule has 1 aliphatic carbocycles. The Hall–Kier alpha value is -2.66. The van der Waals surface area contributed by atoms with Crippen LogP contribution in [0.2, 0.25) is 0 Å². The molecule has 0 bridgehead atoms. The molecule has 1 saturated carbocycles. The molecule has 0 N–H and O–H groups in total. The highest BCUT2D eigenvalue weighted by Crippen LogP contribution is 2.40. The van der Waals surface area contributed by atoms with Crippen molar-refractivity contribution in [2.75, 3.05) is 6.61 Å². The quantitative estimate of drug-likeness (QED) is 0.224. The van der Waals surface area contributed by atoms with Crippen LogP contribution in [0.3, 0.4) is 0 Å². The van der Waals surface area contributed by atoms with Crippen LogP contribution in [0.5, 0.6) is 0 Å². The van der Waals surface area contributed by atoms with Crippen LogP contribution < -0.4 is 0 Å². The molecule has 2 aliphatic rings. The molecule has 36 heavy (non-hydrogen) atoms. The van der Waals surface area contributed by atoms with Crippen molar-refractivity contribution in [2.24, 2.45) is 5.92 Å². The number of aryl methyl sites for hydroxylation is 2. The Morgan fingerprint density at radius 2 is 1.39 bits per heavy atom. The third-order valence-electron chi connectivity index (χ3n) is 7.92. The minimum atomic E-state index is -0.833. The molecule has 1 unspecified atom stereocenters. The minimum absolute atomic E-state index is 0.0835. The highest BCUT2D eigenvalue weighted by molar-refractivity contribution is 5.65. The molecular formula is C31H32F4O. The van der Waals surface area contributed by atoms with Crippen molar-refractivity contribution >= 4 is 0 Å². The van der Waals surface area contributed by atoms with E-state index in [1.807, 2.05) is 12.1 Å². The number of rotatable bonds is 8. The van der Waals surface area contributed by atoms with Gasteiger partial charge in [0.05, 0.1) is 6.61 Å². The normalized spacial score (nSPS) is 21.5. The summed E-state index contributed by atoms with van der Waals surface area (Å²) >= 11 is 0. The predicted molar refractivity (Wildman–Crippen MR) is 134 cm³/mol. The number of benzene rings is 3. The maximum atomic E-state index is 15.1. The standard InChI is InChI=1S/C31H32F4O/c1-2-3-19-4-9-21(10-5-19)24-16-17-25(30(34)29(24)33)22-11-6-20(7-12-22)8-13-23-14-15-26(27-18-36-27)31(35)28(23)32/h6-7,11-12,14-17,19,21,27H,2-5,8-10,13,18H2,1H3. The fourth-order valence-corrected chi connectivity index (χ4v) is 5.68. The van der Waals surface area contributed by atoms with Gasteiger partial charge in [-0.2, -0.15) is 0 Å². The minimum Gasteiger partial charge on any atom is -0.368 e. The largest absolute Gasteiger partial charge is 0.368 e. The fourth-order valence-electron chi connectivity index (χ4n) is 5.68. The van der Waals surface area contributed by atoms with E-state index >= 15 is 8.78 Å². The first-order chi connectivity index (χ1) is 17.5. The van der Waals surface area contributed by atoms with Gasteiger partial charge in [-0.1, -0.05) is 68.3 Å². The second-order valence-corrected chi connectivity index (χ2v) is 10.3. The predicted octanol–water partition coefficient (Wildman–Crippen LogP) is 8.84. The monoisotopic (exact) mass is 496 g/mol. The number of hydrogen-bond donors (Lipinski definition) is 0. The van der Waals surface area contributed by atoms with Gasteiger partial charge in [-0.3, -0.25) is 0 Å². The van der Waals surface area contributed by atoms with E-state index < -0.39 is 23.3 Å². The van der Waals surface area contributed by atoms with E-state index in [0.29, 0.717) is 42.1 Å². The smallest absolute Gasteiger partial charge is 0.166 e. The second-order valence-electron chi connectivity index (χ2n) is 10.3. The van der Waals surface area contributed by atoms with Gasteiger partial charge in [-0.25, -0.2) is 17.6 Å². The van der Waals surface area contributed by atoms with Gasteiger partial charge < -0.3 is 4.74 Å². The van der Waals surface area contributed by atoms with Crippen LogP contribution in [0.1, 0.15) is 79.7 Å². The Kier molecular flexibility index (Phi) is 7.47. The number of ether oxygens (including phenoxy) is 1. The molecule has 1 nitrogen and oxygen atoms in total. The number of halogens is 4. The van der Waals surface area contributed by atoms with E-state index in [-0.39, 0.29) is 23.1 Å². The Labute approximate surface area is 210 Å². The maximum Gasteiger partial charge on any atom is 0.166 e. The van der Waals surface area contributed by atoms with E-state index in [1.165, 1.54) is 12.8 Å². The Bertz CT molecular complexity index is 1210. The molecule has 3 aromatic rings. The molecule has 1 heterocycles. The lowest BCUT2D eigenvalue weighted by molar-refractivity contribution is 0.303. The second kappa shape index (κ2) is 10.8. The number of epoxide rings is 1. The molecule has 190 valence electrons. The van der Waals surface area contributed by atoms with Crippen molar-refractivity contribution in [2.45, 2.75) is 70.3 Å². The zero-order valence-corrected chi connectivity index (χ0v) is 20.6. The molecular weight excluding hydrogens is 464 g/mol. The summed E-state index contributed by atoms with van der Waals surface area (Å²) in [6, 6.07) is 13.8. The highest BCUT2D eigenvalue weighted by Gasteiger charge is 2.30. The zero-order valence-electron chi connectivity index (χ0n) is 20.6. The van der Waals surface area contributed by atoms with Crippen LogP contribution in [0, 0.1) is 29.2 Å². The summed E-state index contributed by atoms with van der Waals surface area (Å²) in [6.45, 7) is 2.62. The van der Waals surface area contributed by atoms with Crippen LogP contribution in [0.25, 0.3) is 11.1 Å². The molecule has 0 aromatic heterocycles. The van der Waals surface area contributed by atoms with Gasteiger partial charge in [0, 0.05) is 11.1 Å². The van der Waals surface area contributed by atoms with Crippen molar-refractivity contribution in [1.82, 2.24) is 0 Å². The van der Waals surface area contributed by atoms with Crippen LogP contribution in [-0.2, 0) is 17.6 Å². The first-order valence-corrected chi connectivity index (χ1v) is 13.1. The Morgan fingerprint density at radius 1 is 0.722 bits per heavy atom. The van der Waals surface area contributed by atoms with Crippen LogP contribution in [0.15, 0.2) is 48.5 Å². The Balaban J connectivity index is 1.25. The van der Waals surface area contributed by atoms with E-state index in [2.05, 4.69) is 6.92 Å². The average Bonchev–Trinajstić information content (AvgIpc) is 3.73. The van der Waals surface area contributed by atoms with Gasteiger partial charge in [0.1, 0.15) is 6.10 Å². The van der Waals surface area contributed by atoms with Gasteiger partial charge in [0.15, 0.2) is 23.3 Å². The molecule has 2 fully saturated rings. The third-order valence-corrected chi connectivity index (χ3v) is 7.92. The topological polar surface area (TPSA) is 12.5 Å². The van der Waals surface area contributed by atoms with Crippen molar-refractivity contribution < 1.29 is 22.3 Å². The molecule has 0 spiro atoms.